The van der Waals surface area contributed by atoms with E-state index in [1.807, 2.05) is 52.0 Å². The van der Waals surface area contributed by atoms with E-state index >= 15 is 0 Å². The van der Waals surface area contributed by atoms with Crippen LogP contribution in [0.3, 0.4) is 0 Å². The van der Waals surface area contributed by atoms with Crippen LogP contribution in [0.1, 0.15) is 50.3 Å². The van der Waals surface area contributed by atoms with E-state index in [-0.39, 0.29) is 29.5 Å². The molecule has 1 aliphatic heterocycles. The van der Waals surface area contributed by atoms with Crippen LogP contribution in [0.5, 0.6) is 0 Å². The van der Waals surface area contributed by atoms with Gasteiger partial charge in [0.05, 0.1) is 11.2 Å². The van der Waals surface area contributed by atoms with Crippen molar-refractivity contribution in [2.24, 2.45) is 0 Å². The molecule has 10 heteroatoms. The fraction of sp³-hybridized carbons (Fsp3) is 0.321. The Morgan fingerprint density at radius 3 is 2.18 bits per heavy atom. The molecular formula is C28H28BCl2N3O4. The van der Waals surface area contributed by atoms with Crippen LogP contribution in [0.2, 0.25) is 10.4 Å². The number of alkyl carbamates (subject to hydrolysis) is 1. The molecule has 1 amide bonds. The third-order valence-corrected chi connectivity index (χ3v) is 7.90. The highest BCUT2D eigenvalue weighted by Gasteiger charge is 2.52. The number of nitrogens with one attached hydrogen (secondary N) is 1. The molecule has 0 unspecified atom stereocenters. The summed E-state index contributed by atoms with van der Waals surface area (Å²) in [6.07, 6.45) is 2.70. The van der Waals surface area contributed by atoms with Crippen LogP contribution in [-0.4, -0.2) is 47.5 Å². The van der Waals surface area contributed by atoms with Gasteiger partial charge in [-0.2, -0.15) is 0 Å². The summed E-state index contributed by atoms with van der Waals surface area (Å²) >= 11 is 12.1. The van der Waals surface area contributed by atoms with Crippen LogP contribution < -0.4 is 5.32 Å². The molecule has 0 atom stereocenters. The number of ether oxygens (including phenoxy) is 1. The number of carbonyl (C=O) groups is 1. The quantitative estimate of drug-likeness (QED) is 0.219. The lowest BCUT2D eigenvalue weighted by molar-refractivity contribution is 0.00578. The van der Waals surface area contributed by atoms with E-state index in [1.165, 1.54) is 17.3 Å². The summed E-state index contributed by atoms with van der Waals surface area (Å²) in [6, 6.07) is 16.4. The molecule has 7 nitrogen and oxygen atoms in total. The second kappa shape index (κ2) is 10.3. The van der Waals surface area contributed by atoms with E-state index in [9.17, 15) is 4.79 Å². The van der Waals surface area contributed by atoms with Gasteiger partial charge >= 0.3 is 13.2 Å². The predicted molar refractivity (Wildman–Crippen MR) is 149 cm³/mol. The minimum absolute atomic E-state index is 0.0312. The maximum atomic E-state index is 12.9. The van der Waals surface area contributed by atoms with Crippen LogP contribution in [0.4, 0.5) is 4.79 Å². The van der Waals surface area contributed by atoms with Crippen LogP contribution in [0.15, 0.2) is 60.2 Å². The third kappa shape index (κ3) is 5.18. The highest BCUT2D eigenvalue weighted by molar-refractivity contribution is 6.56. The van der Waals surface area contributed by atoms with E-state index in [4.69, 9.17) is 37.2 Å². The molecule has 1 N–H and O–H groups in total. The van der Waals surface area contributed by atoms with Crippen molar-refractivity contribution in [3.05, 3.63) is 87.3 Å². The van der Waals surface area contributed by atoms with Crippen molar-refractivity contribution in [2.75, 3.05) is 13.2 Å². The Bertz CT molecular complexity index is 1350. The lowest BCUT2D eigenvalue weighted by Gasteiger charge is -2.32. The normalized spacial score (nSPS) is 17.7. The highest BCUT2D eigenvalue weighted by atomic mass is 35.5. The first kappa shape index (κ1) is 26.7. The number of halogens is 2. The fourth-order valence-corrected chi connectivity index (χ4v) is 5.03. The van der Waals surface area contributed by atoms with Crippen molar-refractivity contribution in [2.45, 2.75) is 44.8 Å². The van der Waals surface area contributed by atoms with E-state index in [1.54, 1.807) is 6.08 Å². The number of nitrogens with zero attached hydrogens (tertiary/aromatic N) is 2. The Kier molecular flexibility index (Phi) is 7.26. The van der Waals surface area contributed by atoms with Crippen molar-refractivity contribution in [3.8, 4) is 11.1 Å². The molecule has 1 aliphatic carbocycles. The van der Waals surface area contributed by atoms with Gasteiger partial charge < -0.3 is 19.4 Å². The van der Waals surface area contributed by atoms with Gasteiger partial charge in [-0.15, -0.1) is 0 Å². The predicted octanol–water partition coefficient (Wildman–Crippen LogP) is 6.34. The number of hydrogen-bond donors (Lipinski definition) is 1. The molecule has 2 aromatic carbocycles. The molecule has 2 aliphatic rings. The first-order valence-corrected chi connectivity index (χ1v) is 13.1. The van der Waals surface area contributed by atoms with Gasteiger partial charge in [-0.3, -0.25) is 0 Å². The molecule has 0 radical (unpaired) electrons. The standard InChI is InChI=1S/C28H28BCl2N3O4/c1-27(2)28(3,4)38-29(37-27)18(13-17-14-32-25(31)34-24(17)30)15-33-26(35)36-16-23-21-11-7-5-9-19(21)20-10-6-8-12-22(20)23/h5-14,23H,15-16H2,1-4H3,(H,33,35). The lowest BCUT2D eigenvalue weighted by atomic mass is 9.77. The van der Waals surface area contributed by atoms with Crippen molar-refractivity contribution >= 4 is 42.5 Å². The summed E-state index contributed by atoms with van der Waals surface area (Å²) in [5.41, 5.74) is 4.66. The van der Waals surface area contributed by atoms with Gasteiger partial charge in [0, 0.05) is 24.2 Å². The van der Waals surface area contributed by atoms with Gasteiger partial charge in [-0.1, -0.05) is 66.2 Å². The minimum Gasteiger partial charge on any atom is -0.449 e. The molecule has 0 bridgehead atoms. The van der Waals surface area contributed by atoms with Crippen molar-refractivity contribution in [3.63, 3.8) is 0 Å². The van der Waals surface area contributed by atoms with Gasteiger partial charge in [0.25, 0.3) is 0 Å². The maximum Gasteiger partial charge on any atom is 0.492 e. The van der Waals surface area contributed by atoms with Crippen molar-refractivity contribution in [1.82, 2.24) is 15.3 Å². The van der Waals surface area contributed by atoms with Gasteiger partial charge in [0.15, 0.2) is 0 Å². The lowest BCUT2D eigenvalue weighted by Crippen LogP contribution is -2.41. The van der Waals surface area contributed by atoms with Crippen molar-refractivity contribution in [1.29, 1.82) is 0 Å². The Morgan fingerprint density at radius 1 is 1.03 bits per heavy atom. The number of aromatic nitrogens is 2. The molecule has 1 fully saturated rings. The molecule has 1 saturated heterocycles. The van der Waals surface area contributed by atoms with Gasteiger partial charge in [0.1, 0.15) is 11.8 Å². The molecular weight excluding hydrogens is 524 g/mol. The smallest absolute Gasteiger partial charge is 0.449 e. The molecule has 1 aromatic heterocycles. The third-order valence-electron chi connectivity index (χ3n) is 7.42. The molecule has 38 heavy (non-hydrogen) atoms. The van der Waals surface area contributed by atoms with Crippen LogP contribution in [0.25, 0.3) is 17.2 Å². The number of rotatable bonds is 6. The Hall–Kier alpha value is -2.91. The maximum absolute atomic E-state index is 12.9. The summed E-state index contributed by atoms with van der Waals surface area (Å²) < 4.78 is 18.1. The number of hydrogen-bond acceptors (Lipinski definition) is 6. The summed E-state index contributed by atoms with van der Waals surface area (Å²) in [6.45, 7) is 8.16. The van der Waals surface area contributed by atoms with Gasteiger partial charge in [-0.05, 0) is 67.0 Å². The Morgan fingerprint density at radius 2 is 1.61 bits per heavy atom. The van der Waals surface area contributed by atoms with E-state index in [2.05, 4.69) is 39.6 Å². The van der Waals surface area contributed by atoms with Gasteiger partial charge in [0.2, 0.25) is 5.28 Å². The fourth-order valence-electron chi connectivity index (χ4n) is 4.67. The average Bonchev–Trinajstić information content (AvgIpc) is 3.30. The SMILES string of the molecule is CC1(C)OB(C(=Cc2cnc(Cl)nc2Cl)CNC(=O)OCC2c3ccccc3-c3ccccc32)OC1(C)C. The molecule has 3 aromatic rings. The molecule has 5 rings (SSSR count). The Balaban J connectivity index is 1.31. The average molecular weight is 552 g/mol. The van der Waals surface area contributed by atoms with Crippen LogP contribution in [0, 0.1) is 0 Å². The second-order valence-electron chi connectivity index (χ2n) is 10.4. The topological polar surface area (TPSA) is 82.6 Å². The highest BCUT2D eigenvalue weighted by Crippen LogP contribution is 2.44. The zero-order valence-corrected chi connectivity index (χ0v) is 23.1. The zero-order chi connectivity index (χ0) is 27.1. The number of benzene rings is 2. The summed E-state index contributed by atoms with van der Waals surface area (Å²) in [4.78, 5) is 20.9. The number of carbonyl (C=O) groups excluding carboxylic acids is 1. The first-order chi connectivity index (χ1) is 18.1. The first-order valence-electron chi connectivity index (χ1n) is 12.4. The van der Waals surface area contributed by atoms with E-state index in [0.717, 1.165) is 11.1 Å². The molecule has 0 spiro atoms. The second-order valence-corrected chi connectivity index (χ2v) is 11.1. The van der Waals surface area contributed by atoms with Crippen LogP contribution in [-0.2, 0) is 14.0 Å². The molecule has 2 heterocycles. The summed E-state index contributed by atoms with van der Waals surface area (Å²) in [5.74, 6) is -0.0312. The molecule has 196 valence electrons. The monoisotopic (exact) mass is 551 g/mol. The van der Waals surface area contributed by atoms with Crippen molar-refractivity contribution < 1.29 is 18.8 Å². The number of amides is 1. The Labute approximate surface area is 232 Å². The number of fused-ring (bicyclic) bond motifs is 3. The van der Waals surface area contributed by atoms with E-state index in [0.29, 0.717) is 11.0 Å². The van der Waals surface area contributed by atoms with Crippen LogP contribution >= 0.6 is 23.2 Å². The van der Waals surface area contributed by atoms with Gasteiger partial charge in [-0.25, -0.2) is 14.8 Å². The largest absolute Gasteiger partial charge is 0.492 e. The van der Waals surface area contributed by atoms with E-state index < -0.39 is 24.4 Å². The molecule has 0 saturated carbocycles. The summed E-state index contributed by atoms with van der Waals surface area (Å²) in [7, 11) is -0.722. The minimum atomic E-state index is -0.722. The summed E-state index contributed by atoms with van der Waals surface area (Å²) in [5, 5.41) is 3.06. The zero-order valence-electron chi connectivity index (χ0n) is 21.6.